The summed E-state index contributed by atoms with van der Waals surface area (Å²) in [5, 5.41) is 19.7. The van der Waals surface area contributed by atoms with Crippen molar-refractivity contribution in [3.63, 3.8) is 0 Å². The highest BCUT2D eigenvalue weighted by Crippen LogP contribution is 2.30. The molecule has 1 aromatic heterocycles. The summed E-state index contributed by atoms with van der Waals surface area (Å²) >= 11 is 3.46. The van der Waals surface area contributed by atoms with Crippen LogP contribution in [0.4, 0.5) is 0 Å². The second kappa shape index (κ2) is 6.62. The first-order valence-electron chi connectivity index (χ1n) is 7.13. The minimum atomic E-state index is 0.493. The van der Waals surface area contributed by atoms with Crippen LogP contribution in [0.3, 0.4) is 0 Å². The third-order valence-electron chi connectivity index (χ3n) is 3.71. The first-order chi connectivity index (χ1) is 11.7. The number of nitrogens with zero attached hydrogens (tertiary/aromatic N) is 2. The number of benzene rings is 2. The second-order valence-corrected chi connectivity index (χ2v) is 6.05. The Morgan fingerprint density at radius 3 is 2.75 bits per heavy atom. The van der Waals surface area contributed by atoms with Gasteiger partial charge in [-0.1, -0.05) is 15.9 Å². The number of H-pyrrole nitrogens is 1. The molecule has 2 aromatic carbocycles. The lowest BCUT2D eigenvalue weighted by Crippen LogP contribution is -1.89. The van der Waals surface area contributed by atoms with Crippen LogP contribution in [0.15, 0.2) is 47.1 Å². The number of hydrogen-bond acceptors (Lipinski definition) is 3. The molecule has 3 aromatic rings. The molecular formula is C19H12BrN3O. The number of halogens is 1. The molecular weight excluding hydrogens is 366 g/mol. The number of aromatic nitrogens is 1. The van der Waals surface area contributed by atoms with Crippen LogP contribution in [0.1, 0.15) is 16.7 Å². The number of nitrogens with one attached hydrogen (secondary N) is 1. The van der Waals surface area contributed by atoms with Crippen LogP contribution >= 0.6 is 15.9 Å². The van der Waals surface area contributed by atoms with Gasteiger partial charge in [-0.05, 0) is 42.5 Å². The summed E-state index contributed by atoms with van der Waals surface area (Å²) in [6.07, 6.45) is 3.55. The van der Waals surface area contributed by atoms with E-state index in [4.69, 9.17) is 10.00 Å². The molecule has 0 aliphatic heterocycles. The summed E-state index contributed by atoms with van der Waals surface area (Å²) in [4.78, 5) is 3.17. The Labute approximate surface area is 147 Å². The fourth-order valence-electron chi connectivity index (χ4n) is 2.56. The van der Waals surface area contributed by atoms with Crippen molar-refractivity contribution in [3.05, 3.63) is 63.8 Å². The molecule has 0 saturated heterocycles. The van der Waals surface area contributed by atoms with Gasteiger partial charge in [-0.3, -0.25) is 0 Å². The van der Waals surface area contributed by atoms with Gasteiger partial charge in [0.1, 0.15) is 5.75 Å². The number of methoxy groups -OCH3 is 1. The van der Waals surface area contributed by atoms with Crippen molar-refractivity contribution in [2.75, 3.05) is 7.11 Å². The summed E-state index contributed by atoms with van der Waals surface area (Å²) in [5.41, 5.74) is 3.46. The molecule has 0 aliphatic rings. The predicted octanol–water partition coefficient (Wildman–Crippen LogP) is 4.87. The van der Waals surface area contributed by atoms with Gasteiger partial charge in [-0.25, -0.2) is 0 Å². The zero-order valence-electron chi connectivity index (χ0n) is 12.8. The van der Waals surface area contributed by atoms with Gasteiger partial charge in [-0.15, -0.1) is 0 Å². The van der Waals surface area contributed by atoms with Crippen LogP contribution < -0.4 is 4.74 Å². The van der Waals surface area contributed by atoms with E-state index in [9.17, 15) is 5.26 Å². The van der Waals surface area contributed by atoms with Crippen LogP contribution in [0, 0.1) is 22.7 Å². The van der Waals surface area contributed by atoms with E-state index in [1.807, 2.05) is 24.4 Å². The number of fused-ring (bicyclic) bond motifs is 1. The Bertz CT molecular complexity index is 1030. The van der Waals surface area contributed by atoms with Crippen LogP contribution in [-0.2, 0) is 0 Å². The van der Waals surface area contributed by atoms with E-state index in [1.54, 1.807) is 31.4 Å². The maximum Gasteiger partial charge on any atom is 0.126 e. The van der Waals surface area contributed by atoms with E-state index in [0.717, 1.165) is 20.9 Å². The van der Waals surface area contributed by atoms with Crippen LogP contribution in [-0.4, -0.2) is 12.1 Å². The fraction of sp³-hybridized carbons (Fsp3) is 0.0526. The molecule has 116 valence electrons. The Balaban J connectivity index is 2.19. The molecule has 0 bridgehead atoms. The minimum absolute atomic E-state index is 0.493. The van der Waals surface area contributed by atoms with Crippen molar-refractivity contribution in [1.29, 1.82) is 10.5 Å². The molecule has 0 aliphatic carbocycles. The van der Waals surface area contributed by atoms with Gasteiger partial charge < -0.3 is 9.72 Å². The maximum atomic E-state index is 9.63. The summed E-state index contributed by atoms with van der Waals surface area (Å²) in [7, 11) is 1.56. The van der Waals surface area contributed by atoms with Gasteiger partial charge in [0.15, 0.2) is 0 Å². The van der Waals surface area contributed by atoms with Crippen molar-refractivity contribution < 1.29 is 4.74 Å². The molecule has 24 heavy (non-hydrogen) atoms. The zero-order chi connectivity index (χ0) is 17.1. The Morgan fingerprint density at radius 1 is 1.21 bits per heavy atom. The smallest absolute Gasteiger partial charge is 0.126 e. The fourth-order valence-corrected chi connectivity index (χ4v) is 2.92. The number of aromatic amines is 1. The largest absolute Gasteiger partial charge is 0.496 e. The Morgan fingerprint density at radius 2 is 2.04 bits per heavy atom. The third-order valence-corrected chi connectivity index (χ3v) is 4.21. The van der Waals surface area contributed by atoms with Gasteiger partial charge in [0.25, 0.3) is 0 Å². The molecule has 0 atom stereocenters. The molecule has 1 heterocycles. The number of nitriles is 2. The topological polar surface area (TPSA) is 72.6 Å². The summed E-state index contributed by atoms with van der Waals surface area (Å²) in [5.74, 6) is 0.614. The lowest BCUT2D eigenvalue weighted by molar-refractivity contribution is 0.414. The zero-order valence-corrected chi connectivity index (χ0v) is 14.4. The third kappa shape index (κ3) is 2.90. The molecule has 4 nitrogen and oxygen atoms in total. The van der Waals surface area contributed by atoms with E-state index in [2.05, 4.69) is 33.1 Å². The van der Waals surface area contributed by atoms with E-state index in [1.165, 1.54) is 0 Å². The molecule has 1 N–H and O–H groups in total. The standard InChI is InChI=1S/C19H12BrN3O/c1-24-19-5-2-12(9-21)6-13(19)7-14(10-22)17-11-23-18-4-3-15(20)8-16(17)18/h2-8,11,23H,1H3/b14-7-. The van der Waals surface area contributed by atoms with E-state index >= 15 is 0 Å². The lowest BCUT2D eigenvalue weighted by Gasteiger charge is -2.06. The maximum absolute atomic E-state index is 9.63. The number of hydrogen-bond donors (Lipinski definition) is 1. The Hall–Kier alpha value is -3.02. The first-order valence-corrected chi connectivity index (χ1v) is 7.92. The van der Waals surface area contributed by atoms with Crippen molar-refractivity contribution >= 4 is 38.5 Å². The molecule has 0 saturated carbocycles. The van der Waals surface area contributed by atoms with Crippen LogP contribution in [0.5, 0.6) is 5.75 Å². The molecule has 0 radical (unpaired) electrons. The molecule has 0 amide bonds. The van der Waals surface area contributed by atoms with E-state index in [0.29, 0.717) is 22.4 Å². The van der Waals surface area contributed by atoms with Crippen molar-refractivity contribution in [1.82, 2.24) is 4.98 Å². The molecule has 5 heteroatoms. The summed E-state index contributed by atoms with van der Waals surface area (Å²) in [6.45, 7) is 0. The van der Waals surface area contributed by atoms with Gasteiger partial charge in [0.2, 0.25) is 0 Å². The van der Waals surface area contributed by atoms with E-state index < -0.39 is 0 Å². The van der Waals surface area contributed by atoms with Crippen LogP contribution in [0.25, 0.3) is 22.6 Å². The highest BCUT2D eigenvalue weighted by atomic mass is 79.9. The monoisotopic (exact) mass is 377 g/mol. The average Bonchev–Trinajstić information content (AvgIpc) is 3.02. The minimum Gasteiger partial charge on any atom is -0.496 e. The average molecular weight is 378 g/mol. The van der Waals surface area contributed by atoms with Gasteiger partial charge >= 0.3 is 0 Å². The summed E-state index contributed by atoms with van der Waals surface area (Å²) in [6, 6.07) is 15.3. The normalized spacial score (nSPS) is 11.1. The molecule has 0 unspecified atom stereocenters. The molecule has 0 fully saturated rings. The summed E-state index contributed by atoms with van der Waals surface area (Å²) < 4.78 is 6.28. The van der Waals surface area contributed by atoms with E-state index in [-0.39, 0.29) is 0 Å². The highest BCUT2D eigenvalue weighted by molar-refractivity contribution is 9.10. The SMILES string of the molecule is COc1ccc(C#N)cc1/C=C(/C#N)c1c[nH]c2ccc(Br)cc12. The second-order valence-electron chi connectivity index (χ2n) is 5.13. The van der Waals surface area contributed by atoms with Gasteiger partial charge in [0.05, 0.1) is 30.4 Å². The highest BCUT2D eigenvalue weighted by Gasteiger charge is 2.11. The predicted molar refractivity (Wildman–Crippen MR) is 97.2 cm³/mol. The number of ether oxygens (including phenoxy) is 1. The van der Waals surface area contributed by atoms with Crippen molar-refractivity contribution in [2.24, 2.45) is 0 Å². The number of rotatable bonds is 3. The van der Waals surface area contributed by atoms with Crippen molar-refractivity contribution in [2.45, 2.75) is 0 Å². The first kappa shape index (κ1) is 15.9. The lowest BCUT2D eigenvalue weighted by atomic mass is 10.0. The molecule has 3 rings (SSSR count). The Kier molecular flexibility index (Phi) is 4.37. The van der Waals surface area contributed by atoms with Gasteiger partial charge in [-0.2, -0.15) is 10.5 Å². The van der Waals surface area contributed by atoms with Gasteiger partial charge in [0, 0.05) is 32.7 Å². The van der Waals surface area contributed by atoms with Crippen molar-refractivity contribution in [3.8, 4) is 17.9 Å². The number of allylic oxidation sites excluding steroid dienone is 1. The quantitative estimate of drug-likeness (QED) is 0.661. The van der Waals surface area contributed by atoms with Crippen LogP contribution in [0.2, 0.25) is 0 Å². The molecule has 0 spiro atoms.